The second kappa shape index (κ2) is 5.01. The number of rotatable bonds is 4. The highest BCUT2D eigenvalue weighted by Crippen LogP contribution is 2.33. The van der Waals surface area contributed by atoms with Crippen molar-refractivity contribution in [3.63, 3.8) is 0 Å². The van der Waals surface area contributed by atoms with Crippen LogP contribution in [0.2, 0.25) is 8.67 Å². The molecule has 1 rings (SSSR count). The fourth-order valence-corrected chi connectivity index (χ4v) is 4.14. The summed E-state index contributed by atoms with van der Waals surface area (Å²) in [6.07, 6.45) is 0. The third-order valence-electron chi connectivity index (χ3n) is 1.30. The molecule has 8 heteroatoms. The van der Waals surface area contributed by atoms with Crippen molar-refractivity contribution < 1.29 is 8.42 Å². The van der Waals surface area contributed by atoms with E-state index in [1.807, 2.05) is 0 Å². The van der Waals surface area contributed by atoms with Gasteiger partial charge >= 0.3 is 0 Å². The van der Waals surface area contributed by atoms with E-state index in [9.17, 15) is 8.42 Å². The van der Waals surface area contributed by atoms with Gasteiger partial charge in [-0.1, -0.05) is 23.2 Å². The van der Waals surface area contributed by atoms with E-state index in [0.29, 0.717) is 4.34 Å². The molecule has 0 aromatic carbocycles. The van der Waals surface area contributed by atoms with E-state index in [2.05, 4.69) is 4.72 Å². The lowest BCUT2D eigenvalue weighted by molar-refractivity contribution is 0.584. The Kier molecular flexibility index (Phi) is 4.49. The molecule has 0 spiro atoms. The SMILES string of the molecule is O=S(=O)(NCCCl)c1cc(Cl)sc1Cl. The number of nitrogens with one attached hydrogen (secondary N) is 1. The highest BCUT2D eigenvalue weighted by molar-refractivity contribution is 7.89. The van der Waals surface area contributed by atoms with Crippen LogP contribution in [0.5, 0.6) is 0 Å². The minimum atomic E-state index is -3.57. The zero-order valence-corrected chi connectivity index (χ0v) is 10.7. The zero-order valence-electron chi connectivity index (χ0n) is 6.76. The average molecular weight is 295 g/mol. The normalized spacial score (nSPS) is 11.9. The molecule has 0 amide bonds. The minimum absolute atomic E-state index is 0.000664. The maximum absolute atomic E-state index is 11.5. The Morgan fingerprint density at radius 1 is 1.43 bits per heavy atom. The van der Waals surface area contributed by atoms with Gasteiger partial charge < -0.3 is 0 Å². The number of alkyl halides is 1. The average Bonchev–Trinajstić information content (AvgIpc) is 2.42. The van der Waals surface area contributed by atoms with Gasteiger partial charge in [0.1, 0.15) is 9.23 Å². The Bertz CT molecular complexity index is 415. The molecule has 1 aromatic heterocycles. The maximum Gasteiger partial charge on any atom is 0.242 e. The Labute approximate surface area is 101 Å². The standard InChI is InChI=1S/C6H6Cl3NO2S2/c7-1-2-10-14(11,12)4-3-5(8)13-6(4)9/h3,10H,1-2H2. The fraction of sp³-hybridized carbons (Fsp3) is 0.333. The highest BCUT2D eigenvalue weighted by Gasteiger charge is 2.19. The molecule has 1 aromatic rings. The summed E-state index contributed by atoms with van der Waals surface area (Å²) < 4.78 is 25.8. The van der Waals surface area contributed by atoms with Crippen molar-refractivity contribution in [1.82, 2.24) is 4.72 Å². The van der Waals surface area contributed by atoms with Crippen LogP contribution in [0.25, 0.3) is 0 Å². The summed E-state index contributed by atoms with van der Waals surface area (Å²) in [4.78, 5) is -0.000664. The fourth-order valence-electron chi connectivity index (χ4n) is 0.759. The van der Waals surface area contributed by atoms with Crippen LogP contribution in [0.1, 0.15) is 0 Å². The summed E-state index contributed by atoms with van der Waals surface area (Å²) >= 11 is 17.7. The first kappa shape index (κ1) is 12.5. The number of hydrogen-bond donors (Lipinski definition) is 1. The molecule has 0 saturated heterocycles. The molecule has 0 aliphatic rings. The van der Waals surface area contributed by atoms with Gasteiger partial charge in [-0.15, -0.1) is 22.9 Å². The largest absolute Gasteiger partial charge is 0.242 e. The smallest absolute Gasteiger partial charge is 0.210 e. The third-order valence-corrected chi connectivity index (χ3v) is 4.70. The monoisotopic (exact) mass is 293 g/mol. The molecule has 3 nitrogen and oxygen atoms in total. The quantitative estimate of drug-likeness (QED) is 0.868. The Morgan fingerprint density at radius 2 is 2.07 bits per heavy atom. The van der Waals surface area contributed by atoms with Crippen molar-refractivity contribution in [2.45, 2.75) is 4.90 Å². The molecular weight excluding hydrogens is 289 g/mol. The molecule has 0 atom stereocenters. The first-order chi connectivity index (χ1) is 6.47. The van der Waals surface area contributed by atoms with Gasteiger partial charge in [0.25, 0.3) is 0 Å². The van der Waals surface area contributed by atoms with E-state index in [0.717, 1.165) is 11.3 Å². The van der Waals surface area contributed by atoms with E-state index in [-0.39, 0.29) is 21.7 Å². The molecule has 0 aliphatic heterocycles. The molecule has 0 saturated carbocycles. The molecule has 1 N–H and O–H groups in total. The van der Waals surface area contributed by atoms with Crippen LogP contribution in [0, 0.1) is 0 Å². The predicted octanol–water partition coefficient (Wildman–Crippen LogP) is 2.57. The van der Waals surface area contributed by atoms with Gasteiger partial charge in [-0.25, -0.2) is 13.1 Å². The number of halogens is 3. The van der Waals surface area contributed by atoms with E-state index in [1.165, 1.54) is 6.07 Å². The van der Waals surface area contributed by atoms with Crippen LogP contribution in [0.15, 0.2) is 11.0 Å². The van der Waals surface area contributed by atoms with Crippen molar-refractivity contribution in [2.75, 3.05) is 12.4 Å². The van der Waals surface area contributed by atoms with Gasteiger partial charge in [0.15, 0.2) is 0 Å². The Balaban J connectivity index is 2.98. The summed E-state index contributed by atoms with van der Waals surface area (Å²) in [5.41, 5.74) is 0. The third kappa shape index (κ3) is 2.98. The van der Waals surface area contributed by atoms with Crippen molar-refractivity contribution in [1.29, 1.82) is 0 Å². The van der Waals surface area contributed by atoms with Crippen molar-refractivity contribution in [3.8, 4) is 0 Å². The maximum atomic E-state index is 11.5. The topological polar surface area (TPSA) is 46.2 Å². The van der Waals surface area contributed by atoms with Crippen molar-refractivity contribution in [2.24, 2.45) is 0 Å². The molecular formula is C6H6Cl3NO2S2. The van der Waals surface area contributed by atoms with Gasteiger partial charge in [-0.3, -0.25) is 0 Å². The summed E-state index contributed by atoms with van der Waals surface area (Å²) in [5, 5.41) is 0. The number of sulfonamides is 1. The summed E-state index contributed by atoms with van der Waals surface area (Å²) in [6.45, 7) is 0.160. The molecule has 0 aliphatic carbocycles. The second-order valence-electron chi connectivity index (χ2n) is 2.28. The second-order valence-corrected chi connectivity index (χ2v) is 6.67. The summed E-state index contributed by atoms with van der Waals surface area (Å²) in [7, 11) is -3.57. The molecule has 0 radical (unpaired) electrons. The van der Waals surface area contributed by atoms with Gasteiger partial charge in [0, 0.05) is 12.4 Å². The molecule has 1 heterocycles. The first-order valence-electron chi connectivity index (χ1n) is 3.48. The molecule has 0 unspecified atom stereocenters. The van der Waals surface area contributed by atoms with Crippen molar-refractivity contribution >= 4 is 56.2 Å². The number of thiophene rings is 1. The van der Waals surface area contributed by atoms with Crippen LogP contribution in [-0.4, -0.2) is 20.8 Å². The number of hydrogen-bond acceptors (Lipinski definition) is 3. The van der Waals surface area contributed by atoms with Crippen LogP contribution in [0.4, 0.5) is 0 Å². The van der Waals surface area contributed by atoms with E-state index >= 15 is 0 Å². The summed E-state index contributed by atoms with van der Waals surface area (Å²) in [5.74, 6) is 0.203. The van der Waals surface area contributed by atoms with E-state index < -0.39 is 10.0 Å². The Morgan fingerprint density at radius 3 is 2.50 bits per heavy atom. The minimum Gasteiger partial charge on any atom is -0.210 e. The van der Waals surface area contributed by atoms with Crippen LogP contribution in [0.3, 0.4) is 0 Å². The molecule has 80 valence electrons. The van der Waals surface area contributed by atoms with E-state index in [1.54, 1.807) is 0 Å². The lowest BCUT2D eigenvalue weighted by atomic mass is 10.7. The lowest BCUT2D eigenvalue weighted by Gasteiger charge is -2.02. The highest BCUT2D eigenvalue weighted by atomic mass is 35.5. The Hall–Kier alpha value is 0.480. The van der Waals surface area contributed by atoms with Crippen LogP contribution >= 0.6 is 46.1 Å². The molecule has 0 fully saturated rings. The summed E-state index contributed by atoms with van der Waals surface area (Å²) in [6, 6.07) is 1.31. The first-order valence-corrected chi connectivity index (χ1v) is 7.07. The van der Waals surface area contributed by atoms with Gasteiger partial charge in [-0.2, -0.15) is 0 Å². The van der Waals surface area contributed by atoms with Gasteiger partial charge in [0.2, 0.25) is 10.0 Å². The lowest BCUT2D eigenvalue weighted by Crippen LogP contribution is -2.25. The van der Waals surface area contributed by atoms with Gasteiger partial charge in [-0.05, 0) is 6.07 Å². The van der Waals surface area contributed by atoms with Gasteiger partial charge in [0.05, 0.1) is 4.34 Å². The van der Waals surface area contributed by atoms with Crippen molar-refractivity contribution in [3.05, 3.63) is 14.7 Å². The van der Waals surface area contributed by atoms with Crippen LogP contribution in [-0.2, 0) is 10.0 Å². The van der Waals surface area contributed by atoms with E-state index in [4.69, 9.17) is 34.8 Å². The predicted molar refractivity (Wildman–Crippen MR) is 60.2 cm³/mol. The zero-order chi connectivity index (χ0) is 10.8. The molecule has 0 bridgehead atoms. The van der Waals surface area contributed by atoms with Crippen LogP contribution < -0.4 is 4.72 Å². The molecule has 14 heavy (non-hydrogen) atoms.